The Balaban J connectivity index is 1.55. The van der Waals surface area contributed by atoms with E-state index in [0.29, 0.717) is 12.5 Å². The van der Waals surface area contributed by atoms with E-state index in [1.54, 1.807) is 6.20 Å². The standard InChI is InChI=1S/C16H17ClN2O2/c1-2-20-16-6-4-13(9-19-16)18-10-14-8-11-7-12(17)3-5-15(11)21-14/h3-7,9,14,18H,2,8,10H2,1H3. The molecule has 110 valence electrons. The Labute approximate surface area is 129 Å². The summed E-state index contributed by atoms with van der Waals surface area (Å²) in [6.07, 6.45) is 2.75. The minimum atomic E-state index is 0.116. The summed E-state index contributed by atoms with van der Waals surface area (Å²) in [5.41, 5.74) is 2.12. The van der Waals surface area contributed by atoms with E-state index in [1.165, 1.54) is 5.56 Å². The normalized spacial score (nSPS) is 16.2. The van der Waals surface area contributed by atoms with E-state index in [2.05, 4.69) is 10.3 Å². The van der Waals surface area contributed by atoms with Crippen molar-refractivity contribution in [1.29, 1.82) is 0 Å². The number of nitrogens with zero attached hydrogens (tertiary/aromatic N) is 1. The largest absolute Gasteiger partial charge is 0.488 e. The first-order valence-corrected chi connectivity index (χ1v) is 7.40. The van der Waals surface area contributed by atoms with E-state index in [0.717, 1.165) is 29.4 Å². The van der Waals surface area contributed by atoms with Crippen LogP contribution in [0.2, 0.25) is 5.02 Å². The lowest BCUT2D eigenvalue weighted by Gasteiger charge is -2.13. The molecule has 0 fully saturated rings. The van der Waals surface area contributed by atoms with Gasteiger partial charge in [0.1, 0.15) is 11.9 Å². The van der Waals surface area contributed by atoms with Crippen LogP contribution in [0.5, 0.6) is 11.6 Å². The average molecular weight is 305 g/mol. The molecule has 1 N–H and O–H groups in total. The van der Waals surface area contributed by atoms with Crippen LogP contribution in [0.4, 0.5) is 5.69 Å². The monoisotopic (exact) mass is 304 g/mol. The zero-order valence-corrected chi connectivity index (χ0v) is 12.6. The molecule has 2 aromatic rings. The first-order chi connectivity index (χ1) is 10.2. The van der Waals surface area contributed by atoms with Gasteiger partial charge in [0.2, 0.25) is 5.88 Å². The molecule has 0 aliphatic carbocycles. The fourth-order valence-electron chi connectivity index (χ4n) is 2.35. The molecule has 1 atom stereocenters. The van der Waals surface area contributed by atoms with Crippen molar-refractivity contribution in [2.24, 2.45) is 0 Å². The number of hydrogen-bond donors (Lipinski definition) is 1. The van der Waals surface area contributed by atoms with Gasteiger partial charge in [-0.05, 0) is 36.8 Å². The highest BCUT2D eigenvalue weighted by atomic mass is 35.5. The van der Waals surface area contributed by atoms with Crippen LogP contribution in [0.1, 0.15) is 12.5 Å². The maximum absolute atomic E-state index is 5.99. The molecule has 1 unspecified atom stereocenters. The summed E-state index contributed by atoms with van der Waals surface area (Å²) in [6.45, 7) is 3.29. The molecule has 21 heavy (non-hydrogen) atoms. The van der Waals surface area contributed by atoms with Crippen molar-refractivity contribution in [2.45, 2.75) is 19.4 Å². The highest BCUT2D eigenvalue weighted by Gasteiger charge is 2.22. The van der Waals surface area contributed by atoms with E-state index in [-0.39, 0.29) is 6.10 Å². The first kappa shape index (κ1) is 14.0. The number of hydrogen-bond acceptors (Lipinski definition) is 4. The van der Waals surface area contributed by atoms with Gasteiger partial charge >= 0.3 is 0 Å². The lowest BCUT2D eigenvalue weighted by molar-refractivity contribution is 0.246. The van der Waals surface area contributed by atoms with Crippen LogP contribution in [-0.4, -0.2) is 24.2 Å². The fourth-order valence-corrected chi connectivity index (χ4v) is 2.55. The van der Waals surface area contributed by atoms with Crippen LogP contribution in [0, 0.1) is 0 Å². The van der Waals surface area contributed by atoms with Gasteiger partial charge in [0.25, 0.3) is 0 Å². The van der Waals surface area contributed by atoms with Crippen molar-refractivity contribution in [1.82, 2.24) is 4.98 Å². The van der Waals surface area contributed by atoms with Crippen molar-refractivity contribution in [3.05, 3.63) is 47.1 Å². The van der Waals surface area contributed by atoms with Gasteiger partial charge < -0.3 is 14.8 Å². The molecule has 0 saturated carbocycles. The predicted octanol–water partition coefficient (Wildman–Crippen LogP) is 3.55. The first-order valence-electron chi connectivity index (χ1n) is 7.02. The van der Waals surface area contributed by atoms with E-state index in [4.69, 9.17) is 21.1 Å². The van der Waals surface area contributed by atoms with Crippen molar-refractivity contribution in [3.63, 3.8) is 0 Å². The van der Waals surface area contributed by atoms with Crippen molar-refractivity contribution < 1.29 is 9.47 Å². The summed E-state index contributed by atoms with van der Waals surface area (Å²) in [4.78, 5) is 4.22. The van der Waals surface area contributed by atoms with Gasteiger partial charge in [-0.25, -0.2) is 4.98 Å². The molecule has 0 spiro atoms. The number of fused-ring (bicyclic) bond motifs is 1. The number of halogens is 1. The molecule has 5 heteroatoms. The van der Waals surface area contributed by atoms with Crippen molar-refractivity contribution in [3.8, 4) is 11.6 Å². The number of pyridine rings is 1. The lowest BCUT2D eigenvalue weighted by atomic mass is 10.1. The number of rotatable bonds is 5. The topological polar surface area (TPSA) is 43.4 Å². The van der Waals surface area contributed by atoms with Gasteiger partial charge in [-0.15, -0.1) is 0 Å². The van der Waals surface area contributed by atoms with Crippen LogP contribution in [0.15, 0.2) is 36.5 Å². The van der Waals surface area contributed by atoms with E-state index < -0.39 is 0 Å². The summed E-state index contributed by atoms with van der Waals surface area (Å²) in [5.74, 6) is 1.57. The van der Waals surface area contributed by atoms with Gasteiger partial charge in [-0.3, -0.25) is 0 Å². The third kappa shape index (κ3) is 3.39. The lowest BCUT2D eigenvalue weighted by Crippen LogP contribution is -2.23. The molecule has 0 radical (unpaired) electrons. The number of anilines is 1. The Bertz CT molecular complexity index is 616. The number of ether oxygens (including phenoxy) is 2. The van der Waals surface area contributed by atoms with Crippen LogP contribution < -0.4 is 14.8 Å². The summed E-state index contributed by atoms with van der Waals surface area (Å²) in [5, 5.41) is 4.08. The Kier molecular flexibility index (Phi) is 4.15. The quantitative estimate of drug-likeness (QED) is 0.917. The van der Waals surface area contributed by atoms with Crippen LogP contribution in [-0.2, 0) is 6.42 Å². The highest BCUT2D eigenvalue weighted by Crippen LogP contribution is 2.31. The highest BCUT2D eigenvalue weighted by molar-refractivity contribution is 6.30. The zero-order chi connectivity index (χ0) is 14.7. The SMILES string of the molecule is CCOc1ccc(NCC2Cc3cc(Cl)ccc3O2)cn1. The second-order valence-corrected chi connectivity index (χ2v) is 5.33. The molecule has 3 rings (SSSR count). The van der Waals surface area contributed by atoms with Crippen LogP contribution >= 0.6 is 11.6 Å². The smallest absolute Gasteiger partial charge is 0.213 e. The van der Waals surface area contributed by atoms with Crippen molar-refractivity contribution in [2.75, 3.05) is 18.5 Å². The molecule has 0 bridgehead atoms. The summed E-state index contributed by atoms with van der Waals surface area (Å²) >= 11 is 5.99. The molecule has 0 amide bonds. The molecular weight excluding hydrogens is 288 g/mol. The summed E-state index contributed by atoms with van der Waals surface area (Å²) < 4.78 is 11.2. The molecule has 2 heterocycles. The Hall–Kier alpha value is -1.94. The van der Waals surface area contributed by atoms with Crippen LogP contribution in [0.25, 0.3) is 0 Å². The molecule has 1 aromatic carbocycles. The average Bonchev–Trinajstić information content (AvgIpc) is 2.89. The van der Waals surface area contributed by atoms with E-state index in [9.17, 15) is 0 Å². The van der Waals surface area contributed by atoms with Gasteiger partial charge in [0.05, 0.1) is 25.0 Å². The second-order valence-electron chi connectivity index (χ2n) is 4.90. The minimum absolute atomic E-state index is 0.116. The van der Waals surface area contributed by atoms with Crippen molar-refractivity contribution >= 4 is 17.3 Å². The Morgan fingerprint density at radius 3 is 3.05 bits per heavy atom. The van der Waals surface area contributed by atoms with Gasteiger partial charge in [0.15, 0.2) is 0 Å². The molecule has 4 nitrogen and oxygen atoms in total. The molecule has 1 aliphatic rings. The zero-order valence-electron chi connectivity index (χ0n) is 11.8. The fraction of sp³-hybridized carbons (Fsp3) is 0.312. The summed E-state index contributed by atoms with van der Waals surface area (Å²) in [7, 11) is 0. The summed E-state index contributed by atoms with van der Waals surface area (Å²) in [6, 6.07) is 9.56. The van der Waals surface area contributed by atoms with Crippen LogP contribution in [0.3, 0.4) is 0 Å². The van der Waals surface area contributed by atoms with E-state index in [1.807, 2.05) is 37.3 Å². The van der Waals surface area contributed by atoms with Gasteiger partial charge in [-0.2, -0.15) is 0 Å². The van der Waals surface area contributed by atoms with E-state index >= 15 is 0 Å². The van der Waals surface area contributed by atoms with Gasteiger partial charge in [0, 0.05) is 17.5 Å². The Morgan fingerprint density at radius 2 is 2.29 bits per heavy atom. The maximum Gasteiger partial charge on any atom is 0.213 e. The third-order valence-electron chi connectivity index (χ3n) is 3.33. The number of nitrogens with one attached hydrogen (secondary N) is 1. The second kappa shape index (κ2) is 6.22. The molecule has 1 aromatic heterocycles. The predicted molar refractivity (Wildman–Crippen MR) is 83.5 cm³/mol. The third-order valence-corrected chi connectivity index (χ3v) is 3.56. The molecule has 1 aliphatic heterocycles. The van der Waals surface area contributed by atoms with Gasteiger partial charge in [-0.1, -0.05) is 11.6 Å². The minimum Gasteiger partial charge on any atom is -0.488 e. The Morgan fingerprint density at radius 1 is 1.38 bits per heavy atom. The molecule has 0 saturated heterocycles. The number of benzene rings is 1. The maximum atomic E-state index is 5.99. The molecular formula is C16H17ClN2O2. The number of aromatic nitrogens is 1.